The van der Waals surface area contributed by atoms with Crippen molar-refractivity contribution >= 4 is 39.3 Å². The van der Waals surface area contributed by atoms with Crippen LogP contribution in [0.2, 0.25) is 0 Å². The second kappa shape index (κ2) is 17.4. The summed E-state index contributed by atoms with van der Waals surface area (Å²) in [6.45, 7) is 12.3. The fourth-order valence-electron chi connectivity index (χ4n) is 7.61. The van der Waals surface area contributed by atoms with Crippen LogP contribution in [-0.4, -0.2) is 61.5 Å². The van der Waals surface area contributed by atoms with Crippen LogP contribution in [0, 0.1) is 24.7 Å². The number of fused-ring (bicyclic) bond motifs is 1. The highest BCUT2D eigenvalue weighted by atomic mass is 32.2. The van der Waals surface area contributed by atoms with Crippen LogP contribution in [0.1, 0.15) is 100 Å². The highest BCUT2D eigenvalue weighted by molar-refractivity contribution is 7.89. The number of alkyl carbamates (subject to hydrolysis) is 1. The Morgan fingerprint density at radius 1 is 0.889 bits per heavy atom. The van der Waals surface area contributed by atoms with Crippen molar-refractivity contribution in [3.63, 3.8) is 0 Å². The molecule has 0 aliphatic heterocycles. The van der Waals surface area contributed by atoms with Crippen molar-refractivity contribution in [3.05, 3.63) is 82.9 Å². The summed E-state index contributed by atoms with van der Waals surface area (Å²) in [7, 11) is -3.58. The third-order valence-electron chi connectivity index (χ3n) is 10.6. The van der Waals surface area contributed by atoms with E-state index in [1.165, 1.54) is 4.31 Å². The summed E-state index contributed by atoms with van der Waals surface area (Å²) in [5.41, 5.74) is 5.25. The lowest BCUT2D eigenvalue weighted by Crippen LogP contribution is -2.37. The summed E-state index contributed by atoms with van der Waals surface area (Å²) in [6, 6.07) is 18.4. The van der Waals surface area contributed by atoms with Gasteiger partial charge in [-0.15, -0.1) is 0 Å². The number of amides is 2. The van der Waals surface area contributed by atoms with Crippen LogP contribution in [0.4, 0.5) is 10.5 Å². The van der Waals surface area contributed by atoms with E-state index < -0.39 is 27.6 Å². The zero-order valence-corrected chi connectivity index (χ0v) is 33.3. The first kappa shape index (κ1) is 40.8. The Kier molecular flexibility index (Phi) is 13.2. The molecule has 1 atom stereocenters. The fraction of sp³-hybridized carbons (Fsp3) is 0.488. The number of nitrogens with zero attached hydrogens (tertiary/aromatic N) is 1. The summed E-state index contributed by atoms with van der Waals surface area (Å²) >= 11 is 0. The molecule has 10 nitrogen and oxygen atoms in total. The standard InChI is InChI=1S/C43H55N3O7S/c1-7-46(8-2)54(51,52)36-19-21-37(28(3)23-36)31-13-9-29(10-14-31)24-34(41(49)45-35-18-20-38-33(25-35)17-22-39(38)47)26-40(48)32-15-11-30(12-16-32)27-44-42(50)53-43(4,5)6/h9-10,13-14,18-21,23,25,30,32,34H,7-8,11-12,15-17,22,24,26-27H2,1-6H3,(H,44,50)(H,45,49)/t30?,32?,34-/m1/s1. The normalized spacial score (nSPS) is 17.9. The minimum absolute atomic E-state index is 0.0697. The molecule has 1 fully saturated rings. The summed E-state index contributed by atoms with van der Waals surface area (Å²) in [5.74, 6) is -0.564. The molecule has 3 aromatic rings. The molecule has 3 aromatic carbocycles. The van der Waals surface area contributed by atoms with Crippen LogP contribution in [0.5, 0.6) is 0 Å². The zero-order valence-electron chi connectivity index (χ0n) is 32.5. The molecule has 5 rings (SSSR count). The Balaban J connectivity index is 1.28. The molecule has 2 amide bonds. The monoisotopic (exact) mass is 757 g/mol. The Hall–Kier alpha value is -4.35. The maximum atomic E-state index is 13.9. The third kappa shape index (κ3) is 10.2. The van der Waals surface area contributed by atoms with E-state index in [4.69, 9.17) is 4.74 Å². The number of ether oxygens (including phenoxy) is 1. The number of benzene rings is 3. The number of ketones is 2. The maximum Gasteiger partial charge on any atom is 0.407 e. The van der Waals surface area contributed by atoms with E-state index in [1.54, 1.807) is 24.3 Å². The molecule has 0 radical (unpaired) electrons. The Labute approximate surface area is 320 Å². The van der Waals surface area contributed by atoms with Crippen molar-refractivity contribution in [1.82, 2.24) is 9.62 Å². The van der Waals surface area contributed by atoms with E-state index >= 15 is 0 Å². The molecule has 0 bridgehead atoms. The van der Waals surface area contributed by atoms with Crippen LogP contribution in [-0.2, 0) is 37.2 Å². The lowest BCUT2D eigenvalue weighted by atomic mass is 9.77. The number of carbonyl (C=O) groups excluding carboxylic acids is 4. The largest absolute Gasteiger partial charge is 0.444 e. The van der Waals surface area contributed by atoms with Gasteiger partial charge in [0.15, 0.2) is 5.78 Å². The highest BCUT2D eigenvalue weighted by Gasteiger charge is 2.31. The molecular formula is C43H55N3O7S. The van der Waals surface area contributed by atoms with Crippen LogP contribution >= 0.6 is 0 Å². The molecule has 54 heavy (non-hydrogen) atoms. The van der Waals surface area contributed by atoms with Gasteiger partial charge in [-0.25, -0.2) is 13.2 Å². The predicted molar refractivity (Wildman–Crippen MR) is 211 cm³/mol. The number of anilines is 1. The van der Waals surface area contributed by atoms with Gasteiger partial charge in [-0.3, -0.25) is 14.4 Å². The number of rotatable bonds is 14. The average Bonchev–Trinajstić information content (AvgIpc) is 3.50. The molecule has 2 aliphatic carbocycles. The van der Waals surface area contributed by atoms with Crippen molar-refractivity contribution in [1.29, 1.82) is 0 Å². The molecule has 290 valence electrons. The lowest BCUT2D eigenvalue weighted by Gasteiger charge is -2.29. The number of sulfonamides is 1. The highest BCUT2D eigenvalue weighted by Crippen LogP contribution is 2.33. The second-order valence-electron chi connectivity index (χ2n) is 15.7. The molecule has 11 heteroatoms. The van der Waals surface area contributed by atoms with Gasteiger partial charge in [-0.2, -0.15) is 4.31 Å². The lowest BCUT2D eigenvalue weighted by molar-refractivity contribution is -0.129. The number of Topliss-reactive ketones (excluding diaryl/α,β-unsaturated/α-hetero) is 2. The minimum Gasteiger partial charge on any atom is -0.444 e. The van der Waals surface area contributed by atoms with Gasteiger partial charge in [0.25, 0.3) is 0 Å². The SMILES string of the molecule is CCN(CC)S(=O)(=O)c1ccc(-c2ccc(C[C@H](CC(=O)C3CCC(CNC(=O)OC(C)(C)C)CC3)C(=O)Nc3ccc4c(c3)CCC4=O)cc2)c(C)c1. The van der Waals surface area contributed by atoms with E-state index in [9.17, 15) is 27.6 Å². The van der Waals surface area contributed by atoms with Gasteiger partial charge in [0.2, 0.25) is 15.9 Å². The number of aryl methyl sites for hydroxylation is 2. The average molecular weight is 758 g/mol. The molecule has 0 spiro atoms. The zero-order chi connectivity index (χ0) is 39.2. The predicted octanol–water partition coefficient (Wildman–Crippen LogP) is 7.91. The summed E-state index contributed by atoms with van der Waals surface area (Å²) in [4.78, 5) is 52.3. The fourth-order valence-corrected chi connectivity index (χ4v) is 9.16. The number of hydrogen-bond acceptors (Lipinski definition) is 7. The van der Waals surface area contributed by atoms with Gasteiger partial charge in [0.1, 0.15) is 11.4 Å². The van der Waals surface area contributed by atoms with Crippen LogP contribution < -0.4 is 10.6 Å². The summed E-state index contributed by atoms with van der Waals surface area (Å²) in [6.07, 6.45) is 4.16. The third-order valence-corrected chi connectivity index (χ3v) is 12.7. The molecule has 0 aromatic heterocycles. The summed E-state index contributed by atoms with van der Waals surface area (Å²) < 4.78 is 33.0. The van der Waals surface area contributed by atoms with E-state index in [2.05, 4.69) is 10.6 Å². The molecule has 2 N–H and O–H groups in total. The second-order valence-corrected chi connectivity index (χ2v) is 17.7. The Morgan fingerprint density at radius 2 is 1.56 bits per heavy atom. The molecule has 1 saturated carbocycles. The van der Waals surface area contributed by atoms with Gasteiger partial charge in [-0.1, -0.05) is 44.2 Å². The van der Waals surface area contributed by atoms with Gasteiger partial charge in [0, 0.05) is 55.6 Å². The first-order valence-electron chi connectivity index (χ1n) is 19.2. The van der Waals surface area contributed by atoms with Gasteiger partial charge in [0.05, 0.1) is 4.90 Å². The molecule has 0 heterocycles. The minimum atomic E-state index is -3.58. The van der Waals surface area contributed by atoms with Crippen molar-refractivity contribution in [2.75, 3.05) is 25.0 Å². The summed E-state index contributed by atoms with van der Waals surface area (Å²) in [5, 5.41) is 5.90. The van der Waals surface area contributed by atoms with E-state index in [-0.39, 0.29) is 40.6 Å². The van der Waals surface area contributed by atoms with Crippen molar-refractivity contribution in [3.8, 4) is 11.1 Å². The van der Waals surface area contributed by atoms with Crippen molar-refractivity contribution in [2.24, 2.45) is 17.8 Å². The van der Waals surface area contributed by atoms with E-state index in [0.29, 0.717) is 63.0 Å². The molecule has 0 unspecified atom stereocenters. The number of carbonyl (C=O) groups is 4. The van der Waals surface area contributed by atoms with E-state index in [1.807, 2.05) is 77.9 Å². The number of hydrogen-bond donors (Lipinski definition) is 2. The topological polar surface area (TPSA) is 139 Å². The van der Waals surface area contributed by atoms with Crippen molar-refractivity contribution in [2.45, 2.75) is 103 Å². The molecule has 2 aliphatic rings. The molecular weight excluding hydrogens is 703 g/mol. The smallest absolute Gasteiger partial charge is 0.407 e. The van der Waals surface area contributed by atoms with Crippen LogP contribution in [0.3, 0.4) is 0 Å². The first-order chi connectivity index (χ1) is 25.6. The van der Waals surface area contributed by atoms with Crippen LogP contribution in [0.25, 0.3) is 11.1 Å². The number of nitrogens with one attached hydrogen (secondary N) is 2. The molecule has 0 saturated heterocycles. The Morgan fingerprint density at radius 3 is 2.19 bits per heavy atom. The van der Waals surface area contributed by atoms with Crippen molar-refractivity contribution < 1.29 is 32.3 Å². The van der Waals surface area contributed by atoms with Gasteiger partial charge in [-0.05, 0) is 130 Å². The first-order valence-corrected chi connectivity index (χ1v) is 20.7. The maximum absolute atomic E-state index is 13.9. The van der Waals surface area contributed by atoms with Crippen LogP contribution in [0.15, 0.2) is 65.6 Å². The Bertz CT molecular complexity index is 1960. The van der Waals surface area contributed by atoms with E-state index in [0.717, 1.165) is 40.7 Å². The van der Waals surface area contributed by atoms with Gasteiger partial charge < -0.3 is 15.4 Å². The quantitative estimate of drug-likeness (QED) is 0.170. The van der Waals surface area contributed by atoms with Gasteiger partial charge >= 0.3 is 6.09 Å².